The Morgan fingerprint density at radius 3 is 2.50 bits per heavy atom. The number of carbonyl (C=O) groups excluding carboxylic acids is 1. The van der Waals surface area contributed by atoms with Gasteiger partial charge < -0.3 is 10.0 Å². The van der Waals surface area contributed by atoms with Crippen molar-refractivity contribution in [1.29, 1.82) is 0 Å². The molecule has 0 radical (unpaired) electrons. The third kappa shape index (κ3) is 2.25. The number of hydrogen-bond donors (Lipinski definition) is 1. The molecule has 0 atom stereocenters. The zero-order valence-electron chi connectivity index (χ0n) is 9.81. The highest BCUT2D eigenvalue weighted by atomic mass is 19.1. The van der Waals surface area contributed by atoms with E-state index >= 15 is 0 Å². The van der Waals surface area contributed by atoms with Crippen molar-refractivity contribution >= 4 is 11.9 Å². The molecule has 1 aliphatic heterocycles. The van der Waals surface area contributed by atoms with E-state index in [1.165, 1.54) is 17.0 Å². The summed E-state index contributed by atoms with van der Waals surface area (Å²) >= 11 is 0. The van der Waals surface area contributed by atoms with Gasteiger partial charge in [-0.1, -0.05) is 12.1 Å². The number of nitrogens with zero attached hydrogens (tertiary/aromatic N) is 1. The smallest absolute Gasteiger partial charge is 0.333 e. The lowest BCUT2D eigenvalue weighted by molar-refractivity contribution is -0.134. The number of carboxylic acids is 1. The van der Waals surface area contributed by atoms with Crippen molar-refractivity contribution in [2.45, 2.75) is 19.9 Å². The third-order valence-corrected chi connectivity index (χ3v) is 2.98. The standard InChI is InChI=1S/C13H12FNO3/c1-8-11(13(17)18)6-12(16)15(8)7-9-2-4-10(14)5-3-9/h2-5H,6-7H2,1H3,(H,17,18). The van der Waals surface area contributed by atoms with E-state index in [1.54, 1.807) is 19.1 Å². The molecule has 1 aliphatic rings. The van der Waals surface area contributed by atoms with Gasteiger partial charge in [-0.15, -0.1) is 0 Å². The number of benzene rings is 1. The topological polar surface area (TPSA) is 57.6 Å². The van der Waals surface area contributed by atoms with Crippen molar-refractivity contribution in [1.82, 2.24) is 4.90 Å². The monoisotopic (exact) mass is 249 g/mol. The molecule has 4 nitrogen and oxygen atoms in total. The van der Waals surface area contributed by atoms with Crippen molar-refractivity contribution in [2.24, 2.45) is 0 Å². The van der Waals surface area contributed by atoms with Gasteiger partial charge in [0.15, 0.2) is 0 Å². The largest absolute Gasteiger partial charge is 0.478 e. The number of amides is 1. The van der Waals surface area contributed by atoms with Crippen LogP contribution in [0.1, 0.15) is 18.9 Å². The molecular formula is C13H12FNO3. The Bertz CT molecular complexity index is 534. The summed E-state index contributed by atoms with van der Waals surface area (Å²) in [7, 11) is 0. The molecule has 1 amide bonds. The Kier molecular flexibility index (Phi) is 3.14. The van der Waals surface area contributed by atoms with E-state index < -0.39 is 5.97 Å². The Hall–Kier alpha value is -2.17. The zero-order valence-corrected chi connectivity index (χ0v) is 9.81. The highest BCUT2D eigenvalue weighted by Gasteiger charge is 2.30. The first kappa shape index (κ1) is 12.3. The minimum absolute atomic E-state index is 0.0810. The molecule has 0 saturated carbocycles. The fourth-order valence-electron chi connectivity index (χ4n) is 1.93. The van der Waals surface area contributed by atoms with Gasteiger partial charge in [-0.3, -0.25) is 4.79 Å². The molecule has 1 aromatic carbocycles. The van der Waals surface area contributed by atoms with Gasteiger partial charge in [0.2, 0.25) is 5.91 Å². The maximum atomic E-state index is 12.8. The van der Waals surface area contributed by atoms with Crippen molar-refractivity contribution in [3.8, 4) is 0 Å². The second kappa shape index (κ2) is 4.60. The van der Waals surface area contributed by atoms with Crippen LogP contribution < -0.4 is 0 Å². The van der Waals surface area contributed by atoms with Crippen LogP contribution in [0.3, 0.4) is 0 Å². The van der Waals surface area contributed by atoms with Gasteiger partial charge in [-0.2, -0.15) is 0 Å². The van der Waals surface area contributed by atoms with E-state index in [-0.39, 0.29) is 30.3 Å². The first-order chi connectivity index (χ1) is 8.49. The lowest BCUT2D eigenvalue weighted by Crippen LogP contribution is -2.23. The average molecular weight is 249 g/mol. The first-order valence-corrected chi connectivity index (χ1v) is 5.47. The molecule has 0 saturated heterocycles. The van der Waals surface area contributed by atoms with Gasteiger partial charge in [-0.25, -0.2) is 9.18 Å². The van der Waals surface area contributed by atoms with Crippen molar-refractivity contribution in [3.63, 3.8) is 0 Å². The predicted molar refractivity (Wildman–Crippen MR) is 61.9 cm³/mol. The van der Waals surface area contributed by atoms with Crippen LogP contribution in [-0.4, -0.2) is 21.9 Å². The van der Waals surface area contributed by atoms with Crippen molar-refractivity contribution < 1.29 is 19.1 Å². The molecule has 18 heavy (non-hydrogen) atoms. The van der Waals surface area contributed by atoms with Gasteiger partial charge in [-0.05, 0) is 24.6 Å². The van der Waals surface area contributed by atoms with E-state index in [9.17, 15) is 14.0 Å². The summed E-state index contributed by atoms with van der Waals surface area (Å²) < 4.78 is 12.8. The molecule has 0 fully saturated rings. The third-order valence-electron chi connectivity index (χ3n) is 2.98. The van der Waals surface area contributed by atoms with Crippen LogP contribution in [0.15, 0.2) is 35.5 Å². The summed E-state index contributed by atoms with van der Waals surface area (Å²) in [6.45, 7) is 1.87. The molecule has 0 aliphatic carbocycles. The van der Waals surface area contributed by atoms with Gasteiger partial charge in [0, 0.05) is 5.70 Å². The van der Waals surface area contributed by atoms with Gasteiger partial charge >= 0.3 is 5.97 Å². The van der Waals surface area contributed by atoms with Crippen LogP contribution in [0.25, 0.3) is 0 Å². The van der Waals surface area contributed by atoms with E-state index in [0.29, 0.717) is 5.70 Å². The van der Waals surface area contributed by atoms with Crippen LogP contribution in [0.4, 0.5) is 4.39 Å². The van der Waals surface area contributed by atoms with Crippen LogP contribution in [-0.2, 0) is 16.1 Å². The summed E-state index contributed by atoms with van der Waals surface area (Å²) in [5.74, 6) is -1.65. The second-order valence-corrected chi connectivity index (χ2v) is 4.15. The summed E-state index contributed by atoms with van der Waals surface area (Å²) in [6.07, 6.45) is -0.0810. The zero-order chi connectivity index (χ0) is 13.3. The van der Waals surface area contributed by atoms with E-state index in [0.717, 1.165) is 5.56 Å². The summed E-state index contributed by atoms with van der Waals surface area (Å²) in [5.41, 5.74) is 1.34. The predicted octanol–water partition coefficient (Wildman–Crippen LogP) is 1.92. The number of allylic oxidation sites excluding steroid dienone is 1. The summed E-state index contributed by atoms with van der Waals surface area (Å²) in [5, 5.41) is 8.94. The molecular weight excluding hydrogens is 237 g/mol. The number of aliphatic carboxylic acids is 1. The quantitative estimate of drug-likeness (QED) is 0.890. The lowest BCUT2D eigenvalue weighted by atomic mass is 10.2. The van der Waals surface area contributed by atoms with E-state index in [4.69, 9.17) is 5.11 Å². The maximum Gasteiger partial charge on any atom is 0.333 e. The molecule has 0 aromatic heterocycles. The van der Waals surface area contributed by atoms with Gasteiger partial charge in [0.1, 0.15) is 5.82 Å². The molecule has 2 rings (SSSR count). The molecule has 0 spiro atoms. The number of halogens is 1. The van der Waals surface area contributed by atoms with Crippen LogP contribution in [0.5, 0.6) is 0 Å². The average Bonchev–Trinajstić information content (AvgIpc) is 2.60. The molecule has 1 aromatic rings. The Labute approximate surface area is 103 Å². The Balaban J connectivity index is 2.21. The minimum atomic E-state index is -1.07. The fourth-order valence-corrected chi connectivity index (χ4v) is 1.93. The van der Waals surface area contributed by atoms with Crippen LogP contribution >= 0.6 is 0 Å². The second-order valence-electron chi connectivity index (χ2n) is 4.15. The SMILES string of the molecule is CC1=C(C(=O)O)CC(=O)N1Cc1ccc(F)cc1. The first-order valence-electron chi connectivity index (χ1n) is 5.47. The maximum absolute atomic E-state index is 12.8. The van der Waals surface area contributed by atoms with Crippen LogP contribution in [0.2, 0.25) is 0 Å². The van der Waals surface area contributed by atoms with Crippen molar-refractivity contribution in [2.75, 3.05) is 0 Å². The minimum Gasteiger partial charge on any atom is -0.478 e. The van der Waals surface area contributed by atoms with Gasteiger partial charge in [0.25, 0.3) is 0 Å². The summed E-state index contributed by atoms with van der Waals surface area (Å²) in [4.78, 5) is 24.0. The van der Waals surface area contributed by atoms with Crippen molar-refractivity contribution in [3.05, 3.63) is 46.9 Å². The molecule has 1 N–H and O–H groups in total. The normalized spacial score (nSPS) is 15.4. The Morgan fingerprint density at radius 2 is 2.00 bits per heavy atom. The molecule has 1 heterocycles. The number of carboxylic acid groups (broad SMARTS) is 1. The number of hydrogen-bond acceptors (Lipinski definition) is 2. The number of rotatable bonds is 3. The molecule has 0 bridgehead atoms. The Morgan fingerprint density at radius 1 is 1.39 bits per heavy atom. The molecule has 94 valence electrons. The highest BCUT2D eigenvalue weighted by molar-refractivity contribution is 5.99. The lowest BCUT2D eigenvalue weighted by Gasteiger charge is -2.18. The van der Waals surface area contributed by atoms with E-state index in [2.05, 4.69) is 0 Å². The molecule has 0 unspecified atom stereocenters. The van der Waals surface area contributed by atoms with Gasteiger partial charge in [0.05, 0.1) is 18.5 Å². The van der Waals surface area contributed by atoms with E-state index in [1.807, 2.05) is 0 Å². The van der Waals surface area contributed by atoms with Crippen LogP contribution in [0, 0.1) is 5.82 Å². The number of carbonyl (C=O) groups is 2. The molecule has 5 heteroatoms. The summed E-state index contributed by atoms with van der Waals surface area (Å²) in [6, 6.07) is 5.78. The fraction of sp³-hybridized carbons (Fsp3) is 0.231. The highest BCUT2D eigenvalue weighted by Crippen LogP contribution is 2.25.